The van der Waals surface area contributed by atoms with E-state index in [1.165, 1.54) is 18.4 Å². The lowest BCUT2D eigenvalue weighted by molar-refractivity contribution is 0.102. The molecule has 2 aromatic carbocycles. The van der Waals surface area contributed by atoms with Crippen molar-refractivity contribution in [2.75, 3.05) is 19.5 Å². The highest BCUT2D eigenvalue weighted by Gasteiger charge is 2.16. The number of nitrogens with zero attached hydrogens (tertiary/aromatic N) is 1. The van der Waals surface area contributed by atoms with Crippen LogP contribution in [0.2, 0.25) is 5.02 Å². The number of hydrogen-bond acceptors (Lipinski definition) is 5. The summed E-state index contributed by atoms with van der Waals surface area (Å²) in [5.74, 6) is 0.762. The molecule has 24 heavy (non-hydrogen) atoms. The monoisotopic (exact) mass is 362 g/mol. The van der Waals surface area contributed by atoms with Gasteiger partial charge in [0, 0.05) is 11.1 Å². The number of anilines is 1. The number of ether oxygens (including phenoxy) is 2. The highest BCUT2D eigenvalue weighted by Crippen LogP contribution is 2.32. The number of benzene rings is 2. The van der Waals surface area contributed by atoms with Crippen LogP contribution < -0.4 is 14.8 Å². The highest BCUT2D eigenvalue weighted by molar-refractivity contribution is 7.22. The van der Waals surface area contributed by atoms with Gasteiger partial charge in [-0.1, -0.05) is 22.9 Å². The van der Waals surface area contributed by atoms with Crippen LogP contribution in [0, 0.1) is 6.92 Å². The number of carbonyl (C=O) groups is 1. The first-order valence-electron chi connectivity index (χ1n) is 7.12. The first-order valence-corrected chi connectivity index (χ1v) is 8.32. The molecule has 0 aliphatic heterocycles. The lowest BCUT2D eigenvalue weighted by Crippen LogP contribution is -2.13. The number of amides is 1. The third kappa shape index (κ3) is 3.02. The molecule has 0 saturated heterocycles. The van der Waals surface area contributed by atoms with Crippen LogP contribution >= 0.6 is 22.9 Å². The van der Waals surface area contributed by atoms with Gasteiger partial charge in [0.05, 0.1) is 30.0 Å². The SMILES string of the molecule is COc1ccc(C(=O)Nc2nc3c(C)c(Cl)ccc3s2)c(OC)c1. The molecule has 1 aromatic heterocycles. The number of hydrogen-bond donors (Lipinski definition) is 1. The average molecular weight is 363 g/mol. The van der Waals surface area contributed by atoms with E-state index in [0.717, 1.165) is 15.8 Å². The van der Waals surface area contributed by atoms with Crippen LogP contribution in [0.3, 0.4) is 0 Å². The summed E-state index contributed by atoms with van der Waals surface area (Å²) in [7, 11) is 3.07. The molecular weight excluding hydrogens is 348 g/mol. The second-order valence-electron chi connectivity index (χ2n) is 5.06. The summed E-state index contributed by atoms with van der Waals surface area (Å²) in [4.78, 5) is 17.0. The Morgan fingerprint density at radius 1 is 1.21 bits per heavy atom. The van der Waals surface area contributed by atoms with Crippen LogP contribution in [0.15, 0.2) is 30.3 Å². The predicted octanol–water partition coefficient (Wildman–Crippen LogP) is 4.53. The van der Waals surface area contributed by atoms with Crippen molar-refractivity contribution in [2.24, 2.45) is 0 Å². The molecular formula is C17H15ClN2O3S. The fourth-order valence-electron chi connectivity index (χ4n) is 2.30. The molecule has 0 aliphatic rings. The molecule has 3 aromatic rings. The van der Waals surface area contributed by atoms with E-state index in [2.05, 4.69) is 10.3 Å². The maximum Gasteiger partial charge on any atom is 0.261 e. The number of carbonyl (C=O) groups excluding carboxylic acids is 1. The Morgan fingerprint density at radius 3 is 2.71 bits per heavy atom. The standard InChI is InChI=1S/C17H15ClN2O3S/c1-9-12(18)6-7-14-15(9)19-17(24-14)20-16(21)11-5-4-10(22-2)8-13(11)23-3/h4-8H,1-3H3,(H,19,20,21). The Labute approximate surface area is 148 Å². The average Bonchev–Trinajstić information content (AvgIpc) is 3.00. The van der Waals surface area contributed by atoms with Crippen molar-refractivity contribution in [3.8, 4) is 11.5 Å². The largest absolute Gasteiger partial charge is 0.497 e. The normalized spacial score (nSPS) is 10.7. The topological polar surface area (TPSA) is 60.5 Å². The number of aryl methyl sites for hydroxylation is 1. The van der Waals surface area contributed by atoms with Crippen molar-refractivity contribution < 1.29 is 14.3 Å². The van der Waals surface area contributed by atoms with Crippen LogP contribution in [0.5, 0.6) is 11.5 Å². The Hall–Kier alpha value is -2.31. The number of nitrogens with one attached hydrogen (secondary N) is 1. The second-order valence-corrected chi connectivity index (χ2v) is 6.50. The second kappa shape index (κ2) is 6.67. The van der Waals surface area contributed by atoms with E-state index in [9.17, 15) is 4.79 Å². The number of fused-ring (bicyclic) bond motifs is 1. The minimum absolute atomic E-state index is 0.294. The van der Waals surface area contributed by atoms with Gasteiger partial charge in [-0.3, -0.25) is 10.1 Å². The van der Waals surface area contributed by atoms with E-state index < -0.39 is 0 Å². The number of thiazole rings is 1. The van der Waals surface area contributed by atoms with Gasteiger partial charge in [0.2, 0.25) is 0 Å². The Balaban J connectivity index is 1.91. The van der Waals surface area contributed by atoms with Crippen molar-refractivity contribution in [1.29, 1.82) is 0 Å². The van der Waals surface area contributed by atoms with Crippen LogP contribution in [-0.2, 0) is 0 Å². The van der Waals surface area contributed by atoms with Gasteiger partial charge in [-0.15, -0.1) is 0 Å². The molecule has 0 unspecified atom stereocenters. The maximum atomic E-state index is 12.5. The summed E-state index contributed by atoms with van der Waals surface area (Å²) in [6, 6.07) is 8.75. The van der Waals surface area contributed by atoms with E-state index in [4.69, 9.17) is 21.1 Å². The molecule has 124 valence electrons. The van der Waals surface area contributed by atoms with Gasteiger partial charge < -0.3 is 9.47 Å². The zero-order valence-corrected chi connectivity index (χ0v) is 14.9. The lowest BCUT2D eigenvalue weighted by Gasteiger charge is -2.09. The van der Waals surface area contributed by atoms with Crippen molar-refractivity contribution in [1.82, 2.24) is 4.98 Å². The van der Waals surface area contributed by atoms with Gasteiger partial charge >= 0.3 is 0 Å². The molecule has 1 amide bonds. The molecule has 0 atom stereocenters. The minimum atomic E-state index is -0.294. The van der Waals surface area contributed by atoms with Crippen molar-refractivity contribution in [3.05, 3.63) is 46.5 Å². The predicted molar refractivity (Wildman–Crippen MR) is 96.9 cm³/mol. The quantitative estimate of drug-likeness (QED) is 0.740. The summed E-state index contributed by atoms with van der Waals surface area (Å²) in [6.07, 6.45) is 0. The Bertz CT molecular complexity index is 924. The lowest BCUT2D eigenvalue weighted by atomic mass is 10.2. The molecule has 1 heterocycles. The molecule has 7 heteroatoms. The third-order valence-corrected chi connectivity index (χ3v) is 4.97. The van der Waals surface area contributed by atoms with Crippen LogP contribution in [0.4, 0.5) is 5.13 Å². The molecule has 3 rings (SSSR count). The molecule has 5 nitrogen and oxygen atoms in total. The van der Waals surface area contributed by atoms with Gasteiger partial charge in [-0.05, 0) is 36.8 Å². The number of rotatable bonds is 4. The zero-order chi connectivity index (χ0) is 17.3. The van der Waals surface area contributed by atoms with Gasteiger partial charge in [0.25, 0.3) is 5.91 Å². The summed E-state index contributed by atoms with van der Waals surface area (Å²) in [6.45, 7) is 1.91. The molecule has 0 spiro atoms. The van der Waals surface area contributed by atoms with E-state index in [0.29, 0.717) is 27.2 Å². The summed E-state index contributed by atoms with van der Waals surface area (Å²) < 4.78 is 11.4. The number of aromatic nitrogens is 1. The van der Waals surface area contributed by atoms with Gasteiger partial charge in [-0.2, -0.15) is 0 Å². The van der Waals surface area contributed by atoms with E-state index >= 15 is 0 Å². The van der Waals surface area contributed by atoms with E-state index in [1.54, 1.807) is 25.3 Å². The van der Waals surface area contributed by atoms with Crippen molar-refractivity contribution >= 4 is 44.2 Å². The van der Waals surface area contributed by atoms with Crippen molar-refractivity contribution in [3.63, 3.8) is 0 Å². The van der Waals surface area contributed by atoms with Crippen LogP contribution in [0.1, 0.15) is 15.9 Å². The Kier molecular flexibility index (Phi) is 4.59. The highest BCUT2D eigenvalue weighted by atomic mass is 35.5. The number of methoxy groups -OCH3 is 2. The molecule has 0 fully saturated rings. The smallest absolute Gasteiger partial charge is 0.261 e. The summed E-state index contributed by atoms with van der Waals surface area (Å²) in [5.41, 5.74) is 2.10. The first kappa shape index (κ1) is 16.5. The van der Waals surface area contributed by atoms with Crippen molar-refractivity contribution in [2.45, 2.75) is 6.92 Å². The molecule has 0 aliphatic carbocycles. The molecule has 0 bridgehead atoms. The first-order chi connectivity index (χ1) is 11.5. The van der Waals surface area contributed by atoms with Crippen LogP contribution in [-0.4, -0.2) is 25.1 Å². The molecule has 0 saturated carbocycles. The van der Waals surface area contributed by atoms with Gasteiger partial charge in [-0.25, -0.2) is 4.98 Å². The zero-order valence-electron chi connectivity index (χ0n) is 13.3. The van der Waals surface area contributed by atoms with Gasteiger partial charge in [0.1, 0.15) is 11.5 Å². The summed E-state index contributed by atoms with van der Waals surface area (Å²) >= 11 is 7.51. The minimum Gasteiger partial charge on any atom is -0.497 e. The van der Waals surface area contributed by atoms with Gasteiger partial charge in [0.15, 0.2) is 5.13 Å². The molecule has 0 radical (unpaired) electrons. The third-order valence-electron chi connectivity index (χ3n) is 3.62. The number of halogens is 1. The van der Waals surface area contributed by atoms with E-state index in [-0.39, 0.29) is 5.91 Å². The Morgan fingerprint density at radius 2 is 2.00 bits per heavy atom. The fraction of sp³-hybridized carbons (Fsp3) is 0.176. The molecule has 1 N–H and O–H groups in total. The maximum absolute atomic E-state index is 12.5. The summed E-state index contributed by atoms with van der Waals surface area (Å²) in [5, 5.41) is 3.98. The van der Waals surface area contributed by atoms with E-state index in [1.807, 2.05) is 19.1 Å². The fourth-order valence-corrected chi connectivity index (χ4v) is 3.38. The van der Waals surface area contributed by atoms with Crippen LogP contribution in [0.25, 0.3) is 10.2 Å².